The summed E-state index contributed by atoms with van der Waals surface area (Å²) in [4.78, 5) is 6.44. The Morgan fingerprint density at radius 2 is 2.14 bits per heavy atom. The highest BCUT2D eigenvalue weighted by molar-refractivity contribution is 6.29. The van der Waals surface area contributed by atoms with Gasteiger partial charge in [0.05, 0.1) is 0 Å². The van der Waals surface area contributed by atoms with Crippen molar-refractivity contribution in [3.8, 4) is 0 Å². The zero-order valence-electron chi connectivity index (χ0n) is 9.00. The molecular weight excluding hydrogens is 196 g/mol. The monoisotopic (exact) mass is 212 g/mol. The summed E-state index contributed by atoms with van der Waals surface area (Å²) in [6, 6.07) is 4.43. The molecule has 78 valence electrons. The van der Waals surface area contributed by atoms with Crippen molar-refractivity contribution in [3.63, 3.8) is 0 Å². The van der Waals surface area contributed by atoms with Crippen LogP contribution >= 0.6 is 11.6 Å². The second-order valence-electron chi connectivity index (χ2n) is 3.65. The first-order valence-electron chi connectivity index (χ1n) is 4.98. The van der Waals surface area contributed by atoms with Gasteiger partial charge < -0.3 is 0 Å². The van der Waals surface area contributed by atoms with Gasteiger partial charge in [0.1, 0.15) is 5.15 Å². The molecule has 0 fully saturated rings. The van der Waals surface area contributed by atoms with E-state index < -0.39 is 0 Å². The zero-order valence-corrected chi connectivity index (χ0v) is 9.75. The first kappa shape index (κ1) is 11.5. The van der Waals surface area contributed by atoms with Crippen molar-refractivity contribution in [2.24, 2.45) is 0 Å². The molecule has 0 aromatic carbocycles. The zero-order chi connectivity index (χ0) is 10.6. The van der Waals surface area contributed by atoms with Crippen molar-refractivity contribution in [1.29, 1.82) is 0 Å². The number of hydrogen-bond acceptors (Lipinski definition) is 2. The van der Waals surface area contributed by atoms with Gasteiger partial charge in [-0.1, -0.05) is 24.6 Å². The van der Waals surface area contributed by atoms with Crippen LogP contribution in [-0.2, 0) is 6.54 Å². The average molecular weight is 213 g/mol. The number of nitrogens with zero attached hydrogens (tertiary/aromatic N) is 2. The molecule has 0 aliphatic heterocycles. The number of rotatable bonds is 4. The highest BCUT2D eigenvalue weighted by Gasteiger charge is 2.07. The first-order valence-corrected chi connectivity index (χ1v) is 5.35. The van der Waals surface area contributed by atoms with E-state index in [0.717, 1.165) is 13.1 Å². The summed E-state index contributed by atoms with van der Waals surface area (Å²) in [5, 5.41) is 0.557. The Balaban J connectivity index is 2.63. The molecule has 0 saturated heterocycles. The molecule has 0 unspecified atom stereocenters. The van der Waals surface area contributed by atoms with Gasteiger partial charge in [-0.3, -0.25) is 4.90 Å². The van der Waals surface area contributed by atoms with Crippen LogP contribution in [0.25, 0.3) is 0 Å². The topological polar surface area (TPSA) is 16.1 Å². The van der Waals surface area contributed by atoms with E-state index in [1.165, 1.54) is 5.56 Å². The number of pyridine rings is 1. The summed E-state index contributed by atoms with van der Waals surface area (Å²) < 4.78 is 0. The van der Waals surface area contributed by atoms with E-state index >= 15 is 0 Å². The largest absolute Gasteiger partial charge is 0.297 e. The third kappa shape index (κ3) is 3.28. The van der Waals surface area contributed by atoms with Crippen LogP contribution in [0.15, 0.2) is 18.3 Å². The molecule has 1 aromatic heterocycles. The fraction of sp³-hybridized carbons (Fsp3) is 0.545. The predicted octanol–water partition coefficient (Wildman–Crippen LogP) is 2.97. The normalized spacial score (nSPS) is 11.3. The smallest absolute Gasteiger partial charge is 0.129 e. The fourth-order valence-corrected chi connectivity index (χ4v) is 1.51. The standard InChI is InChI=1S/C11H17ClN2/c1-4-14(9(2)3)8-10-5-6-11(12)13-7-10/h5-7,9H,4,8H2,1-3H3. The van der Waals surface area contributed by atoms with Crippen LogP contribution in [-0.4, -0.2) is 22.5 Å². The molecule has 0 N–H and O–H groups in total. The summed E-state index contributed by atoms with van der Waals surface area (Å²) in [7, 11) is 0. The summed E-state index contributed by atoms with van der Waals surface area (Å²) in [5.74, 6) is 0. The van der Waals surface area contributed by atoms with E-state index in [2.05, 4.69) is 30.7 Å². The molecule has 1 heterocycles. The number of aromatic nitrogens is 1. The van der Waals surface area contributed by atoms with Gasteiger partial charge in [0.15, 0.2) is 0 Å². The third-order valence-corrected chi connectivity index (χ3v) is 2.53. The Morgan fingerprint density at radius 3 is 2.57 bits per heavy atom. The van der Waals surface area contributed by atoms with Crippen molar-refractivity contribution < 1.29 is 0 Å². The van der Waals surface area contributed by atoms with Gasteiger partial charge >= 0.3 is 0 Å². The highest BCUT2D eigenvalue weighted by atomic mass is 35.5. The van der Waals surface area contributed by atoms with Gasteiger partial charge in [0, 0.05) is 18.8 Å². The highest BCUT2D eigenvalue weighted by Crippen LogP contribution is 2.09. The number of hydrogen-bond donors (Lipinski definition) is 0. The van der Waals surface area contributed by atoms with Gasteiger partial charge in [-0.2, -0.15) is 0 Å². The molecule has 0 saturated carbocycles. The van der Waals surface area contributed by atoms with Gasteiger partial charge in [0.25, 0.3) is 0 Å². The number of halogens is 1. The van der Waals surface area contributed by atoms with E-state index in [1.54, 1.807) is 0 Å². The van der Waals surface area contributed by atoms with Crippen molar-refractivity contribution in [2.45, 2.75) is 33.4 Å². The van der Waals surface area contributed by atoms with Crippen LogP contribution in [0.4, 0.5) is 0 Å². The minimum absolute atomic E-state index is 0.557. The molecular formula is C11H17ClN2. The average Bonchev–Trinajstić information content (AvgIpc) is 2.16. The molecule has 0 spiro atoms. The van der Waals surface area contributed by atoms with Crippen LogP contribution in [0.1, 0.15) is 26.3 Å². The van der Waals surface area contributed by atoms with E-state index in [1.807, 2.05) is 18.3 Å². The minimum atomic E-state index is 0.557. The lowest BCUT2D eigenvalue weighted by atomic mass is 10.2. The van der Waals surface area contributed by atoms with Crippen LogP contribution in [0.2, 0.25) is 5.15 Å². The quantitative estimate of drug-likeness (QED) is 0.714. The lowest BCUT2D eigenvalue weighted by Crippen LogP contribution is -2.29. The first-order chi connectivity index (χ1) is 6.63. The van der Waals surface area contributed by atoms with Gasteiger partial charge in [-0.05, 0) is 32.0 Å². The van der Waals surface area contributed by atoms with E-state index in [0.29, 0.717) is 11.2 Å². The molecule has 2 nitrogen and oxygen atoms in total. The Bertz CT molecular complexity index is 269. The molecule has 1 aromatic rings. The fourth-order valence-electron chi connectivity index (χ4n) is 1.39. The van der Waals surface area contributed by atoms with Crippen molar-refractivity contribution in [3.05, 3.63) is 29.0 Å². The second-order valence-corrected chi connectivity index (χ2v) is 4.03. The summed E-state index contributed by atoms with van der Waals surface area (Å²) in [6.07, 6.45) is 1.84. The summed E-state index contributed by atoms with van der Waals surface area (Å²) >= 11 is 5.72. The molecule has 1 rings (SSSR count). The molecule has 0 bridgehead atoms. The Labute approximate surface area is 90.9 Å². The lowest BCUT2D eigenvalue weighted by Gasteiger charge is -2.24. The van der Waals surface area contributed by atoms with Crippen molar-refractivity contribution in [2.75, 3.05) is 6.54 Å². The Kier molecular flexibility index (Phi) is 4.36. The van der Waals surface area contributed by atoms with E-state index in [-0.39, 0.29) is 0 Å². The molecule has 0 atom stereocenters. The molecule has 0 aliphatic rings. The van der Waals surface area contributed by atoms with Crippen molar-refractivity contribution >= 4 is 11.6 Å². The third-order valence-electron chi connectivity index (χ3n) is 2.31. The molecule has 3 heteroatoms. The van der Waals surface area contributed by atoms with Gasteiger partial charge in [-0.15, -0.1) is 0 Å². The SMILES string of the molecule is CCN(Cc1ccc(Cl)nc1)C(C)C. The molecule has 14 heavy (non-hydrogen) atoms. The van der Waals surface area contributed by atoms with Crippen LogP contribution in [0, 0.1) is 0 Å². The maximum atomic E-state index is 5.72. The van der Waals surface area contributed by atoms with Crippen LogP contribution in [0.3, 0.4) is 0 Å². The van der Waals surface area contributed by atoms with Gasteiger partial charge in [-0.25, -0.2) is 4.98 Å². The minimum Gasteiger partial charge on any atom is -0.297 e. The second kappa shape index (κ2) is 5.32. The van der Waals surface area contributed by atoms with Crippen molar-refractivity contribution in [1.82, 2.24) is 9.88 Å². The molecule has 0 radical (unpaired) electrons. The van der Waals surface area contributed by atoms with Gasteiger partial charge in [0.2, 0.25) is 0 Å². The molecule has 0 amide bonds. The van der Waals surface area contributed by atoms with Crippen LogP contribution in [0.5, 0.6) is 0 Å². The summed E-state index contributed by atoms with van der Waals surface area (Å²) in [6.45, 7) is 8.57. The van der Waals surface area contributed by atoms with E-state index in [9.17, 15) is 0 Å². The maximum absolute atomic E-state index is 5.72. The Morgan fingerprint density at radius 1 is 1.43 bits per heavy atom. The lowest BCUT2D eigenvalue weighted by molar-refractivity contribution is 0.224. The predicted molar refractivity (Wildman–Crippen MR) is 60.5 cm³/mol. The van der Waals surface area contributed by atoms with Crippen LogP contribution < -0.4 is 0 Å². The van der Waals surface area contributed by atoms with E-state index in [4.69, 9.17) is 11.6 Å². The maximum Gasteiger partial charge on any atom is 0.129 e. The Hall–Kier alpha value is -0.600. The molecule has 0 aliphatic carbocycles. The summed E-state index contributed by atoms with van der Waals surface area (Å²) in [5.41, 5.74) is 1.21.